The van der Waals surface area contributed by atoms with Gasteiger partial charge in [-0.3, -0.25) is 14.9 Å². The van der Waals surface area contributed by atoms with E-state index in [-0.39, 0.29) is 0 Å². The lowest BCUT2D eigenvalue weighted by Crippen LogP contribution is -2.58. The maximum Gasteiger partial charge on any atom is 0.0892 e. The molecule has 0 radical (unpaired) electrons. The summed E-state index contributed by atoms with van der Waals surface area (Å²) in [7, 11) is 0. The Hall–Kier alpha value is -1.43. The minimum Gasteiger partial charge on any atom is -0.371 e. The summed E-state index contributed by atoms with van der Waals surface area (Å²) in [5, 5.41) is 0. The first-order valence-electron chi connectivity index (χ1n) is 8.09. The molecule has 1 spiro atoms. The van der Waals surface area contributed by atoms with Crippen LogP contribution >= 0.6 is 11.8 Å². The Morgan fingerprint density at radius 2 is 1.83 bits per heavy atom. The molecule has 2 aromatic heterocycles. The first kappa shape index (κ1) is 15.1. The molecular formula is C18H21N3OS. The molecule has 2 saturated heterocycles. The van der Waals surface area contributed by atoms with Crippen molar-refractivity contribution in [1.82, 2.24) is 14.9 Å². The minimum absolute atomic E-state index is 0.360. The number of pyridine rings is 2. The van der Waals surface area contributed by atoms with E-state index in [9.17, 15) is 0 Å². The second kappa shape index (κ2) is 6.59. The number of rotatable bonds is 5. The molecule has 4 nitrogen and oxygen atoms in total. The van der Waals surface area contributed by atoms with Gasteiger partial charge in [-0.05, 0) is 30.7 Å². The molecule has 4 heterocycles. The fourth-order valence-corrected chi connectivity index (χ4v) is 5.02. The van der Waals surface area contributed by atoms with Gasteiger partial charge in [0.2, 0.25) is 0 Å². The van der Waals surface area contributed by atoms with E-state index in [1.54, 1.807) is 0 Å². The smallest absolute Gasteiger partial charge is 0.0892 e. The molecule has 2 aliphatic rings. The minimum atomic E-state index is 0.360. The highest BCUT2D eigenvalue weighted by Gasteiger charge is 2.49. The standard InChI is InChI=1S/C18H21N3OS/c1-3-7-19-15(5-1)10-21-13-18(14-21)9-17(12-23-18)22-11-16-6-2-4-8-20-16/h1-8,17H,9-14H2/t17-/m0/s1. The number of likely N-dealkylation sites (tertiary alicyclic amines) is 1. The highest BCUT2D eigenvalue weighted by Crippen LogP contribution is 2.46. The number of hydrogen-bond acceptors (Lipinski definition) is 5. The lowest BCUT2D eigenvalue weighted by molar-refractivity contribution is 0.0248. The number of hydrogen-bond donors (Lipinski definition) is 0. The molecule has 0 aliphatic carbocycles. The third-order valence-corrected chi connectivity index (χ3v) is 6.08. The second-order valence-electron chi connectivity index (χ2n) is 6.42. The van der Waals surface area contributed by atoms with Gasteiger partial charge >= 0.3 is 0 Å². The molecule has 23 heavy (non-hydrogen) atoms. The van der Waals surface area contributed by atoms with Gasteiger partial charge in [0.1, 0.15) is 0 Å². The largest absolute Gasteiger partial charge is 0.371 e. The molecule has 0 unspecified atom stereocenters. The van der Waals surface area contributed by atoms with Crippen molar-refractivity contribution < 1.29 is 4.74 Å². The van der Waals surface area contributed by atoms with E-state index in [0.717, 1.165) is 43.2 Å². The molecule has 0 saturated carbocycles. The van der Waals surface area contributed by atoms with Crippen LogP contribution < -0.4 is 0 Å². The predicted molar refractivity (Wildman–Crippen MR) is 92.1 cm³/mol. The highest BCUT2D eigenvalue weighted by molar-refractivity contribution is 8.01. The zero-order valence-electron chi connectivity index (χ0n) is 13.1. The van der Waals surface area contributed by atoms with Gasteiger partial charge in [-0.25, -0.2) is 0 Å². The number of nitrogens with zero attached hydrogens (tertiary/aromatic N) is 3. The molecule has 2 aromatic rings. The maximum atomic E-state index is 6.06. The van der Waals surface area contributed by atoms with Gasteiger partial charge in [-0.2, -0.15) is 0 Å². The number of ether oxygens (including phenoxy) is 1. The average molecular weight is 327 g/mol. The second-order valence-corrected chi connectivity index (χ2v) is 7.91. The molecule has 1 atom stereocenters. The Morgan fingerprint density at radius 1 is 1.09 bits per heavy atom. The van der Waals surface area contributed by atoms with Gasteiger partial charge in [-0.15, -0.1) is 11.8 Å². The van der Waals surface area contributed by atoms with Crippen molar-refractivity contribution in [2.45, 2.75) is 30.4 Å². The lowest BCUT2D eigenvalue weighted by atomic mass is 9.93. The van der Waals surface area contributed by atoms with Crippen LogP contribution in [0, 0.1) is 0 Å². The first-order chi connectivity index (χ1) is 11.3. The van der Waals surface area contributed by atoms with E-state index < -0.39 is 0 Å². The lowest BCUT2D eigenvalue weighted by Gasteiger charge is -2.47. The van der Waals surface area contributed by atoms with Gasteiger partial charge in [0, 0.05) is 42.5 Å². The Morgan fingerprint density at radius 3 is 2.52 bits per heavy atom. The molecule has 0 amide bonds. The summed E-state index contributed by atoms with van der Waals surface area (Å²) in [4.78, 5) is 11.2. The van der Waals surface area contributed by atoms with Crippen LogP contribution in [-0.2, 0) is 17.9 Å². The van der Waals surface area contributed by atoms with Gasteiger partial charge in [-0.1, -0.05) is 12.1 Å². The van der Waals surface area contributed by atoms with Crippen molar-refractivity contribution in [2.75, 3.05) is 18.8 Å². The van der Waals surface area contributed by atoms with Crippen molar-refractivity contribution in [3.05, 3.63) is 60.2 Å². The van der Waals surface area contributed by atoms with Crippen molar-refractivity contribution in [2.24, 2.45) is 0 Å². The summed E-state index contributed by atoms with van der Waals surface area (Å²) in [5.74, 6) is 1.10. The number of thioether (sulfide) groups is 1. The summed E-state index contributed by atoms with van der Waals surface area (Å²) >= 11 is 2.08. The van der Waals surface area contributed by atoms with Crippen LogP contribution in [0.2, 0.25) is 0 Å². The Kier molecular flexibility index (Phi) is 4.33. The predicted octanol–water partition coefficient (Wildman–Crippen LogP) is 2.75. The normalized spacial score (nSPS) is 23.0. The number of aromatic nitrogens is 2. The van der Waals surface area contributed by atoms with Gasteiger partial charge in [0.25, 0.3) is 0 Å². The molecule has 2 aliphatic heterocycles. The molecule has 0 aromatic carbocycles. The van der Waals surface area contributed by atoms with Gasteiger partial charge in [0.15, 0.2) is 0 Å². The molecule has 120 valence electrons. The van der Waals surface area contributed by atoms with Crippen molar-refractivity contribution >= 4 is 11.8 Å². The zero-order valence-corrected chi connectivity index (χ0v) is 13.9. The van der Waals surface area contributed by atoms with Crippen LogP contribution in [0.5, 0.6) is 0 Å². The van der Waals surface area contributed by atoms with Crippen molar-refractivity contribution in [1.29, 1.82) is 0 Å². The Balaban J connectivity index is 1.24. The van der Waals surface area contributed by atoms with E-state index in [2.05, 4.69) is 38.8 Å². The van der Waals surface area contributed by atoms with E-state index in [4.69, 9.17) is 4.74 Å². The molecule has 5 heteroatoms. The zero-order chi connectivity index (χ0) is 15.5. The molecule has 0 bridgehead atoms. The molecule has 2 fully saturated rings. The molecular weight excluding hydrogens is 306 g/mol. The maximum absolute atomic E-state index is 6.06. The highest BCUT2D eigenvalue weighted by atomic mass is 32.2. The first-order valence-corrected chi connectivity index (χ1v) is 9.08. The fraction of sp³-hybridized carbons (Fsp3) is 0.444. The molecule has 4 rings (SSSR count). The molecule has 0 N–H and O–H groups in total. The summed E-state index contributed by atoms with van der Waals surface area (Å²) in [6.07, 6.45) is 5.21. The van der Waals surface area contributed by atoms with E-state index in [1.807, 2.05) is 36.7 Å². The fourth-order valence-electron chi connectivity index (χ4n) is 3.42. The van der Waals surface area contributed by atoms with E-state index in [0.29, 0.717) is 17.5 Å². The Labute approximate surface area is 141 Å². The van der Waals surface area contributed by atoms with Crippen LogP contribution in [0.4, 0.5) is 0 Å². The summed E-state index contributed by atoms with van der Waals surface area (Å²) in [5.41, 5.74) is 2.18. The Bertz CT molecular complexity index is 631. The topological polar surface area (TPSA) is 38.2 Å². The van der Waals surface area contributed by atoms with Crippen LogP contribution in [-0.4, -0.2) is 44.6 Å². The average Bonchev–Trinajstić information content (AvgIpc) is 2.99. The van der Waals surface area contributed by atoms with Crippen LogP contribution in [0.3, 0.4) is 0 Å². The van der Waals surface area contributed by atoms with Gasteiger partial charge in [0.05, 0.1) is 24.1 Å². The van der Waals surface area contributed by atoms with Crippen molar-refractivity contribution in [3.8, 4) is 0 Å². The summed E-state index contributed by atoms with van der Waals surface area (Å²) in [6, 6.07) is 12.1. The SMILES string of the molecule is c1ccc(CO[C@@H]2CSC3(C2)CN(Cc2ccccn2)C3)nc1. The third kappa shape index (κ3) is 3.57. The summed E-state index contributed by atoms with van der Waals surface area (Å²) in [6.45, 7) is 3.89. The van der Waals surface area contributed by atoms with Gasteiger partial charge < -0.3 is 4.74 Å². The van der Waals surface area contributed by atoms with Crippen LogP contribution in [0.15, 0.2) is 48.8 Å². The van der Waals surface area contributed by atoms with Crippen LogP contribution in [0.1, 0.15) is 17.8 Å². The quantitative estimate of drug-likeness (QED) is 0.844. The van der Waals surface area contributed by atoms with Crippen molar-refractivity contribution in [3.63, 3.8) is 0 Å². The monoisotopic (exact) mass is 327 g/mol. The third-order valence-electron chi connectivity index (χ3n) is 4.50. The van der Waals surface area contributed by atoms with Crippen LogP contribution in [0.25, 0.3) is 0 Å². The van der Waals surface area contributed by atoms with E-state index >= 15 is 0 Å². The van der Waals surface area contributed by atoms with E-state index in [1.165, 1.54) is 0 Å². The summed E-state index contributed by atoms with van der Waals surface area (Å²) < 4.78 is 6.47.